The molecule has 3 N–H and O–H groups in total. The first kappa shape index (κ1) is 23.8. The molecule has 1 fully saturated rings. The number of rotatable bonds is 7. The van der Waals surface area contributed by atoms with Gasteiger partial charge in [-0.15, -0.1) is 5.10 Å². The van der Waals surface area contributed by atoms with E-state index in [0.717, 1.165) is 0 Å². The van der Waals surface area contributed by atoms with Crippen LogP contribution in [0.25, 0.3) is 11.5 Å². The molecule has 0 spiro atoms. The zero-order chi connectivity index (χ0) is 26.3. The van der Waals surface area contributed by atoms with Crippen LogP contribution in [0.3, 0.4) is 0 Å². The van der Waals surface area contributed by atoms with Gasteiger partial charge in [-0.25, -0.2) is 23.9 Å². The average Bonchev–Trinajstić information content (AvgIpc) is 3.41. The van der Waals surface area contributed by atoms with Crippen LogP contribution in [0.4, 0.5) is 21.6 Å². The van der Waals surface area contributed by atoms with Gasteiger partial charge in [-0.2, -0.15) is 0 Å². The van der Waals surface area contributed by atoms with Crippen LogP contribution in [0.1, 0.15) is 27.4 Å². The van der Waals surface area contributed by atoms with Crippen LogP contribution < -0.4 is 21.5 Å². The van der Waals surface area contributed by atoms with Crippen LogP contribution in [0.2, 0.25) is 0 Å². The Morgan fingerprint density at radius 3 is 2.57 bits per heavy atom. The van der Waals surface area contributed by atoms with E-state index >= 15 is 0 Å². The Labute approximate surface area is 209 Å². The molecule has 2 atom stereocenters. The summed E-state index contributed by atoms with van der Waals surface area (Å²) in [5.41, 5.74) is 0.951. The van der Waals surface area contributed by atoms with Crippen molar-refractivity contribution < 1.29 is 14.0 Å². The number of anilines is 3. The molecular weight excluding hydrogens is 483 g/mol. The highest BCUT2D eigenvalue weighted by Gasteiger charge is 2.39. The largest absolute Gasteiger partial charge is 0.385 e. The van der Waals surface area contributed by atoms with Crippen molar-refractivity contribution in [3.8, 4) is 5.82 Å². The van der Waals surface area contributed by atoms with Crippen LogP contribution in [0.15, 0.2) is 47.8 Å². The van der Waals surface area contributed by atoms with Crippen LogP contribution in [-0.2, 0) is 0 Å². The van der Waals surface area contributed by atoms with E-state index < -0.39 is 23.7 Å². The lowest BCUT2D eigenvalue weighted by molar-refractivity contribution is 0.0821. The highest BCUT2D eigenvalue weighted by atomic mass is 19.1. The van der Waals surface area contributed by atoms with Gasteiger partial charge < -0.3 is 20.9 Å². The Bertz CT molecular complexity index is 1560. The number of hydrogen-bond donors (Lipinski definition) is 3. The fourth-order valence-corrected chi connectivity index (χ4v) is 3.62. The Hall–Kier alpha value is -4.88. The maximum Gasteiger partial charge on any atom is 0.280 e. The summed E-state index contributed by atoms with van der Waals surface area (Å²) < 4.78 is 15.9. The number of nitrogens with zero attached hydrogens (tertiary/aromatic N) is 7. The number of carbonyl (C=O) groups excluding carboxylic acids is 2. The number of alkyl halides is 1. The molecule has 4 heterocycles. The molecule has 0 saturated heterocycles. The molecule has 2 amide bonds. The highest BCUT2D eigenvalue weighted by Crippen LogP contribution is 2.26. The molecule has 37 heavy (non-hydrogen) atoms. The van der Waals surface area contributed by atoms with Crippen molar-refractivity contribution in [3.63, 3.8) is 0 Å². The second-order valence-corrected chi connectivity index (χ2v) is 8.59. The quantitative estimate of drug-likeness (QED) is 0.333. The van der Waals surface area contributed by atoms with Gasteiger partial charge in [0.1, 0.15) is 17.6 Å². The molecule has 1 saturated carbocycles. The predicted octanol–water partition coefficient (Wildman–Crippen LogP) is 0.998. The summed E-state index contributed by atoms with van der Waals surface area (Å²) in [6.07, 6.45) is 4.76. The van der Waals surface area contributed by atoms with E-state index in [4.69, 9.17) is 0 Å². The van der Waals surface area contributed by atoms with Gasteiger partial charge in [-0.1, -0.05) is 0 Å². The molecule has 4 aromatic rings. The SMILES string of the molecule is CNc1cc(Nc2cccn(-c3cnc(C(=O)N(C)C)cn3)c2=O)nn2c(C(=O)NC3C[C@@H]3F)cnc12. The summed E-state index contributed by atoms with van der Waals surface area (Å²) in [4.78, 5) is 51.8. The predicted molar refractivity (Wildman–Crippen MR) is 132 cm³/mol. The monoisotopic (exact) mass is 506 g/mol. The number of amides is 2. The van der Waals surface area contributed by atoms with E-state index in [2.05, 4.69) is 36.0 Å². The van der Waals surface area contributed by atoms with E-state index in [-0.39, 0.29) is 41.0 Å². The van der Waals surface area contributed by atoms with E-state index in [0.29, 0.717) is 11.3 Å². The maximum absolute atomic E-state index is 13.3. The van der Waals surface area contributed by atoms with Gasteiger partial charge in [-0.3, -0.25) is 19.0 Å². The number of aromatic nitrogens is 6. The minimum Gasteiger partial charge on any atom is -0.385 e. The van der Waals surface area contributed by atoms with Gasteiger partial charge >= 0.3 is 0 Å². The highest BCUT2D eigenvalue weighted by molar-refractivity contribution is 5.94. The second-order valence-electron chi connectivity index (χ2n) is 8.59. The van der Waals surface area contributed by atoms with Gasteiger partial charge in [0, 0.05) is 39.8 Å². The van der Waals surface area contributed by atoms with E-state index in [9.17, 15) is 18.8 Å². The van der Waals surface area contributed by atoms with Crippen molar-refractivity contribution in [1.82, 2.24) is 39.3 Å². The minimum atomic E-state index is -1.05. The smallest absolute Gasteiger partial charge is 0.280 e. The molecule has 13 nitrogen and oxygen atoms in total. The summed E-state index contributed by atoms with van der Waals surface area (Å²) in [5, 5.41) is 13.0. The lowest BCUT2D eigenvalue weighted by Gasteiger charge is -2.12. The van der Waals surface area contributed by atoms with Crippen LogP contribution in [0, 0.1) is 0 Å². The zero-order valence-electron chi connectivity index (χ0n) is 20.1. The van der Waals surface area contributed by atoms with Crippen molar-refractivity contribution in [2.45, 2.75) is 18.6 Å². The fourth-order valence-electron chi connectivity index (χ4n) is 3.62. The Morgan fingerprint density at radius 1 is 1.14 bits per heavy atom. The number of imidazole rings is 1. The first-order chi connectivity index (χ1) is 17.8. The summed E-state index contributed by atoms with van der Waals surface area (Å²) in [6.45, 7) is 0. The molecule has 14 heteroatoms. The molecule has 0 aliphatic heterocycles. The van der Waals surface area contributed by atoms with Crippen molar-refractivity contribution in [3.05, 3.63) is 64.7 Å². The molecule has 1 aliphatic rings. The Morgan fingerprint density at radius 2 is 1.92 bits per heavy atom. The lowest BCUT2D eigenvalue weighted by Crippen LogP contribution is -2.28. The van der Waals surface area contributed by atoms with Gasteiger partial charge in [0.25, 0.3) is 17.4 Å². The summed E-state index contributed by atoms with van der Waals surface area (Å²) in [6, 6.07) is 4.34. The summed E-state index contributed by atoms with van der Waals surface area (Å²) in [7, 11) is 4.90. The van der Waals surface area contributed by atoms with Crippen molar-refractivity contribution >= 4 is 34.7 Å². The standard InChI is InChI=1S/C23H23FN10O3/c1-25-15-8-18(31-34-17(10-28-20(15)34)21(35)30-14-7-12(14)24)29-13-5-4-6-33(23(13)37)19-11-26-16(9-27-19)22(36)32(2)3/h4-6,8-12,14,25H,7H2,1-3H3,(H,29,31)(H,30,35)/t12-,14?/m0/s1. The molecule has 1 aliphatic carbocycles. The molecule has 0 aromatic carbocycles. The minimum absolute atomic E-state index is 0.127. The maximum atomic E-state index is 13.3. The Kier molecular flexibility index (Phi) is 5.99. The Balaban J connectivity index is 1.46. The zero-order valence-corrected chi connectivity index (χ0v) is 20.1. The third kappa shape index (κ3) is 4.55. The van der Waals surface area contributed by atoms with Gasteiger partial charge in [0.2, 0.25) is 0 Å². The van der Waals surface area contributed by atoms with E-state index in [1.165, 1.54) is 38.8 Å². The van der Waals surface area contributed by atoms with Crippen LogP contribution in [-0.4, -0.2) is 79.2 Å². The molecule has 5 rings (SSSR count). The summed E-state index contributed by atoms with van der Waals surface area (Å²) in [5.74, 6) is -0.325. The van der Waals surface area contributed by atoms with Crippen LogP contribution >= 0.6 is 0 Å². The molecular formula is C23H23FN10O3. The van der Waals surface area contributed by atoms with Crippen LogP contribution in [0.5, 0.6) is 0 Å². The number of pyridine rings is 1. The van der Waals surface area contributed by atoms with Gasteiger partial charge in [0.15, 0.2) is 23.0 Å². The first-order valence-electron chi connectivity index (χ1n) is 11.3. The number of halogens is 1. The van der Waals surface area contributed by atoms with E-state index in [1.54, 1.807) is 39.3 Å². The van der Waals surface area contributed by atoms with Gasteiger partial charge in [0.05, 0.1) is 30.3 Å². The third-order valence-corrected chi connectivity index (χ3v) is 5.72. The first-order valence-corrected chi connectivity index (χ1v) is 11.3. The van der Waals surface area contributed by atoms with E-state index in [1.807, 2.05) is 0 Å². The second kappa shape index (κ2) is 9.29. The molecule has 1 unspecified atom stereocenters. The molecule has 0 bridgehead atoms. The number of hydrogen-bond acceptors (Lipinski definition) is 9. The molecule has 0 radical (unpaired) electrons. The topological polar surface area (TPSA) is 151 Å². The number of nitrogens with one attached hydrogen (secondary N) is 3. The number of carbonyl (C=O) groups is 2. The molecule has 4 aromatic heterocycles. The van der Waals surface area contributed by atoms with Gasteiger partial charge in [-0.05, 0) is 12.1 Å². The normalized spacial score (nSPS) is 16.3. The fraction of sp³-hybridized carbons (Fsp3) is 0.261. The number of fused-ring (bicyclic) bond motifs is 1. The average molecular weight is 507 g/mol. The lowest BCUT2D eigenvalue weighted by atomic mass is 10.3. The summed E-state index contributed by atoms with van der Waals surface area (Å²) >= 11 is 0. The third-order valence-electron chi connectivity index (χ3n) is 5.72. The molecule has 190 valence electrons. The van der Waals surface area contributed by atoms with Crippen molar-refractivity contribution in [1.29, 1.82) is 0 Å². The van der Waals surface area contributed by atoms with Crippen molar-refractivity contribution in [2.24, 2.45) is 0 Å². The van der Waals surface area contributed by atoms with Crippen molar-refractivity contribution in [2.75, 3.05) is 31.8 Å².